The number of ether oxygens (including phenoxy) is 1. The lowest BCUT2D eigenvalue weighted by Gasteiger charge is -2.38. The first-order chi connectivity index (χ1) is 10.7. The van der Waals surface area contributed by atoms with Crippen molar-refractivity contribution in [2.45, 2.75) is 25.3 Å². The summed E-state index contributed by atoms with van der Waals surface area (Å²) in [6, 6.07) is 0.230. The first-order valence-corrected chi connectivity index (χ1v) is 9.90. The number of carbonyl (C=O) groups is 1. The number of rotatable bonds is 5. The highest BCUT2D eigenvalue weighted by Gasteiger charge is 2.46. The van der Waals surface area contributed by atoms with Gasteiger partial charge in [0, 0.05) is 46.9 Å². The minimum atomic E-state index is -3.11. The molecule has 8 heteroatoms. The normalized spacial score (nSPS) is 25.8. The number of likely N-dealkylation sites (N-methyl/N-ethyl adjacent to an activating group) is 1. The molecular formula is C15H29N3O4S. The number of hydrogen-bond acceptors (Lipinski definition) is 5. The lowest BCUT2D eigenvalue weighted by atomic mass is 9.77. The molecule has 1 amide bonds. The maximum atomic E-state index is 12.1. The third-order valence-electron chi connectivity index (χ3n) is 5.17. The van der Waals surface area contributed by atoms with Gasteiger partial charge >= 0.3 is 0 Å². The first-order valence-electron chi connectivity index (χ1n) is 8.05. The van der Waals surface area contributed by atoms with Gasteiger partial charge in [0.15, 0.2) is 0 Å². The summed E-state index contributed by atoms with van der Waals surface area (Å²) >= 11 is 0. The average Bonchev–Trinajstić information content (AvgIpc) is 2.76. The Morgan fingerprint density at radius 3 is 2.39 bits per heavy atom. The van der Waals surface area contributed by atoms with Crippen molar-refractivity contribution in [2.75, 3.05) is 60.2 Å². The smallest absolute Gasteiger partial charge is 0.236 e. The van der Waals surface area contributed by atoms with E-state index in [-0.39, 0.29) is 17.4 Å². The molecule has 2 saturated heterocycles. The molecule has 2 aliphatic rings. The molecular weight excluding hydrogens is 318 g/mol. The molecule has 23 heavy (non-hydrogen) atoms. The molecule has 0 radical (unpaired) electrons. The van der Waals surface area contributed by atoms with Crippen molar-refractivity contribution in [3.63, 3.8) is 0 Å². The van der Waals surface area contributed by atoms with E-state index in [1.807, 2.05) is 0 Å². The van der Waals surface area contributed by atoms with Crippen LogP contribution in [0.3, 0.4) is 0 Å². The van der Waals surface area contributed by atoms with Gasteiger partial charge < -0.3 is 9.64 Å². The zero-order valence-corrected chi connectivity index (χ0v) is 15.4. The van der Waals surface area contributed by atoms with Crippen molar-refractivity contribution in [3.8, 4) is 0 Å². The van der Waals surface area contributed by atoms with E-state index in [1.165, 1.54) is 6.26 Å². The van der Waals surface area contributed by atoms with E-state index < -0.39 is 10.0 Å². The van der Waals surface area contributed by atoms with E-state index in [0.29, 0.717) is 26.2 Å². The predicted octanol–water partition coefficient (Wildman–Crippen LogP) is -0.163. The van der Waals surface area contributed by atoms with Crippen LogP contribution in [0.4, 0.5) is 0 Å². The van der Waals surface area contributed by atoms with Crippen molar-refractivity contribution < 1.29 is 17.9 Å². The van der Waals surface area contributed by atoms with Crippen molar-refractivity contribution in [1.29, 1.82) is 0 Å². The Hall–Kier alpha value is -0.700. The molecule has 2 rings (SSSR count). The summed E-state index contributed by atoms with van der Waals surface area (Å²) in [5, 5.41) is 0. The second-order valence-electron chi connectivity index (χ2n) is 7.17. The molecule has 0 aromatic carbocycles. The van der Waals surface area contributed by atoms with Crippen LogP contribution in [0.5, 0.6) is 0 Å². The summed E-state index contributed by atoms with van der Waals surface area (Å²) in [4.78, 5) is 15.9. The molecule has 0 unspecified atom stereocenters. The molecule has 1 spiro atoms. The molecule has 2 heterocycles. The zero-order valence-electron chi connectivity index (χ0n) is 14.6. The number of hydrogen-bond donors (Lipinski definition) is 0. The van der Waals surface area contributed by atoms with Gasteiger partial charge in [0.2, 0.25) is 15.9 Å². The third kappa shape index (κ3) is 4.43. The number of nitrogens with zero attached hydrogens (tertiary/aromatic N) is 3. The molecule has 2 aliphatic heterocycles. The van der Waals surface area contributed by atoms with Crippen molar-refractivity contribution in [2.24, 2.45) is 5.41 Å². The Labute approximate surface area is 139 Å². The molecule has 0 bridgehead atoms. The number of piperidine rings is 1. The van der Waals surface area contributed by atoms with E-state index in [2.05, 4.69) is 4.90 Å². The topological polar surface area (TPSA) is 70.2 Å². The number of sulfonamides is 1. The minimum absolute atomic E-state index is 0.0942. The van der Waals surface area contributed by atoms with Gasteiger partial charge in [-0.3, -0.25) is 9.69 Å². The zero-order chi connectivity index (χ0) is 17.3. The Balaban J connectivity index is 2.03. The van der Waals surface area contributed by atoms with Gasteiger partial charge in [-0.1, -0.05) is 0 Å². The van der Waals surface area contributed by atoms with Gasteiger partial charge in [-0.2, -0.15) is 0 Å². The van der Waals surface area contributed by atoms with Crippen LogP contribution in [-0.2, 0) is 19.6 Å². The monoisotopic (exact) mass is 347 g/mol. The Bertz CT molecular complexity index is 527. The van der Waals surface area contributed by atoms with Crippen LogP contribution in [0.15, 0.2) is 0 Å². The highest BCUT2D eigenvalue weighted by Crippen LogP contribution is 2.43. The Kier molecular flexibility index (Phi) is 5.71. The van der Waals surface area contributed by atoms with E-state index in [9.17, 15) is 13.2 Å². The van der Waals surface area contributed by atoms with Crippen LogP contribution in [0.1, 0.15) is 19.3 Å². The summed E-state index contributed by atoms with van der Waals surface area (Å²) in [7, 11) is 2.11. The molecule has 7 nitrogen and oxygen atoms in total. The van der Waals surface area contributed by atoms with Crippen LogP contribution in [0, 0.1) is 5.41 Å². The SMILES string of the molecule is COC[C@H]1CC2(CCN(S(C)(=O)=O)CC2)CN1CC(=O)N(C)C. The van der Waals surface area contributed by atoms with Crippen molar-refractivity contribution in [1.82, 2.24) is 14.1 Å². The number of methoxy groups -OCH3 is 1. The van der Waals surface area contributed by atoms with Crippen LogP contribution in [-0.4, -0.2) is 94.7 Å². The molecule has 0 aromatic heterocycles. The highest BCUT2D eigenvalue weighted by molar-refractivity contribution is 7.88. The second kappa shape index (κ2) is 7.04. The molecule has 0 N–H and O–H groups in total. The van der Waals surface area contributed by atoms with Crippen molar-refractivity contribution >= 4 is 15.9 Å². The standard InChI is InChI=1S/C15H29N3O4S/c1-16(2)14(19)10-17-12-15(9-13(17)11-22-3)5-7-18(8-6-15)23(4,20)21/h13H,5-12H2,1-4H3/t13-/m1/s1. The van der Waals surface area contributed by atoms with Gasteiger partial charge in [0.1, 0.15) is 0 Å². The van der Waals surface area contributed by atoms with Crippen LogP contribution in [0.25, 0.3) is 0 Å². The van der Waals surface area contributed by atoms with Crippen LogP contribution >= 0.6 is 0 Å². The molecule has 2 fully saturated rings. The molecule has 0 saturated carbocycles. The largest absolute Gasteiger partial charge is 0.383 e. The fourth-order valence-electron chi connectivity index (χ4n) is 3.76. The van der Waals surface area contributed by atoms with E-state index in [1.54, 1.807) is 30.4 Å². The van der Waals surface area contributed by atoms with E-state index in [4.69, 9.17) is 4.74 Å². The van der Waals surface area contributed by atoms with Crippen LogP contribution in [0.2, 0.25) is 0 Å². The van der Waals surface area contributed by atoms with Gasteiger partial charge in [-0.25, -0.2) is 12.7 Å². The van der Waals surface area contributed by atoms with Gasteiger partial charge in [-0.05, 0) is 24.7 Å². The van der Waals surface area contributed by atoms with Crippen molar-refractivity contribution in [3.05, 3.63) is 0 Å². The second-order valence-corrected chi connectivity index (χ2v) is 9.15. The summed E-state index contributed by atoms with van der Waals surface area (Å²) < 4.78 is 30.3. The summed E-state index contributed by atoms with van der Waals surface area (Å²) in [5.41, 5.74) is 0.108. The summed E-state index contributed by atoms with van der Waals surface area (Å²) in [6.07, 6.45) is 3.95. The molecule has 134 valence electrons. The quantitative estimate of drug-likeness (QED) is 0.691. The lowest BCUT2D eigenvalue weighted by molar-refractivity contribution is -0.130. The fourth-order valence-corrected chi connectivity index (χ4v) is 4.61. The third-order valence-corrected chi connectivity index (χ3v) is 6.48. The lowest BCUT2D eigenvalue weighted by Crippen LogP contribution is -2.44. The first kappa shape index (κ1) is 18.6. The van der Waals surface area contributed by atoms with E-state index in [0.717, 1.165) is 25.8 Å². The van der Waals surface area contributed by atoms with Gasteiger partial charge in [0.05, 0.1) is 19.4 Å². The fraction of sp³-hybridized carbons (Fsp3) is 0.933. The number of carbonyl (C=O) groups excluding carboxylic acids is 1. The molecule has 0 aromatic rings. The molecule has 1 atom stereocenters. The number of amides is 1. The van der Waals surface area contributed by atoms with Gasteiger partial charge in [0.25, 0.3) is 0 Å². The average molecular weight is 347 g/mol. The summed E-state index contributed by atoms with van der Waals surface area (Å²) in [6.45, 7) is 3.01. The Morgan fingerprint density at radius 2 is 1.91 bits per heavy atom. The highest BCUT2D eigenvalue weighted by atomic mass is 32.2. The number of likely N-dealkylation sites (tertiary alicyclic amines) is 1. The van der Waals surface area contributed by atoms with Gasteiger partial charge in [-0.15, -0.1) is 0 Å². The minimum Gasteiger partial charge on any atom is -0.383 e. The predicted molar refractivity (Wildman–Crippen MR) is 88.6 cm³/mol. The maximum absolute atomic E-state index is 12.1. The van der Waals surface area contributed by atoms with E-state index >= 15 is 0 Å². The Morgan fingerprint density at radius 1 is 1.30 bits per heavy atom. The molecule has 0 aliphatic carbocycles. The maximum Gasteiger partial charge on any atom is 0.236 e. The van der Waals surface area contributed by atoms with Crippen LogP contribution < -0.4 is 0 Å². The summed E-state index contributed by atoms with van der Waals surface area (Å²) in [5.74, 6) is 0.0942.